The van der Waals surface area contributed by atoms with Crippen LogP contribution in [0.15, 0.2) is 47.3 Å². The molecule has 0 spiro atoms. The van der Waals surface area contributed by atoms with Crippen molar-refractivity contribution in [2.75, 3.05) is 13.1 Å². The average Bonchev–Trinajstić information content (AvgIpc) is 3.50. The second-order valence-corrected chi connectivity index (χ2v) is 6.67. The summed E-state index contributed by atoms with van der Waals surface area (Å²) >= 11 is 0. The van der Waals surface area contributed by atoms with Crippen molar-refractivity contribution in [3.63, 3.8) is 0 Å². The summed E-state index contributed by atoms with van der Waals surface area (Å²) < 4.78 is 7.23. The smallest absolute Gasteiger partial charge is 0.307 e. The summed E-state index contributed by atoms with van der Waals surface area (Å²) in [5, 5.41) is 18.8. The molecule has 4 rings (SSSR count). The van der Waals surface area contributed by atoms with Crippen LogP contribution in [0.3, 0.4) is 0 Å². The second kappa shape index (κ2) is 9.50. The molecule has 1 saturated heterocycles. The molecule has 29 heavy (non-hydrogen) atoms. The van der Waals surface area contributed by atoms with Gasteiger partial charge in [-0.1, -0.05) is 30.3 Å². The number of nitriles is 1. The van der Waals surface area contributed by atoms with Crippen molar-refractivity contribution in [3.8, 4) is 17.5 Å². The van der Waals surface area contributed by atoms with Crippen LogP contribution < -0.4 is 5.32 Å². The number of rotatable bonds is 4. The summed E-state index contributed by atoms with van der Waals surface area (Å²) in [5.74, 6) is 0.292. The van der Waals surface area contributed by atoms with Gasteiger partial charge in [0, 0.05) is 37.9 Å². The molecule has 9 heteroatoms. The predicted octanol–water partition coefficient (Wildman–Crippen LogP) is 2.00. The van der Waals surface area contributed by atoms with Crippen molar-refractivity contribution >= 4 is 5.91 Å². The fraction of sp³-hybridized carbons (Fsp3) is 0.350. The fourth-order valence-corrected chi connectivity index (χ4v) is 2.94. The first-order chi connectivity index (χ1) is 14.1. The number of likely N-dealkylation sites (tertiary alicyclic amines) is 1. The Balaban J connectivity index is 0.000000343. The molecule has 9 nitrogen and oxygen atoms in total. The van der Waals surface area contributed by atoms with E-state index >= 15 is 0 Å². The van der Waals surface area contributed by atoms with E-state index in [-0.39, 0.29) is 17.8 Å². The number of aryl methyl sites for hydroxylation is 2. The third-order valence-electron chi connectivity index (χ3n) is 4.53. The van der Waals surface area contributed by atoms with Crippen molar-refractivity contribution in [2.24, 2.45) is 7.05 Å². The lowest BCUT2D eigenvalue weighted by molar-refractivity contribution is 0.0904. The minimum absolute atomic E-state index is 0.0408. The van der Waals surface area contributed by atoms with E-state index in [1.165, 1.54) is 5.56 Å². The van der Waals surface area contributed by atoms with E-state index in [9.17, 15) is 4.79 Å². The molecular formula is C20H23N7O2. The fourth-order valence-electron chi connectivity index (χ4n) is 2.94. The van der Waals surface area contributed by atoms with Crippen molar-refractivity contribution < 1.29 is 9.21 Å². The maximum Gasteiger partial charge on any atom is 0.307 e. The number of nitrogens with zero attached hydrogens (tertiary/aromatic N) is 6. The van der Waals surface area contributed by atoms with Gasteiger partial charge in [-0.25, -0.2) is 4.98 Å². The van der Waals surface area contributed by atoms with E-state index in [2.05, 4.69) is 39.8 Å². The number of hydrogen-bond acceptors (Lipinski definition) is 7. The highest BCUT2D eigenvalue weighted by Gasteiger charge is 2.25. The molecule has 2 aromatic heterocycles. The molecule has 1 aliphatic heterocycles. The van der Waals surface area contributed by atoms with E-state index < -0.39 is 0 Å². The zero-order chi connectivity index (χ0) is 20.6. The van der Waals surface area contributed by atoms with Crippen LogP contribution in [0.25, 0.3) is 11.3 Å². The SMILES string of the molecule is CCc1cccc(-c2cnc(C(=O)NC3CCN(C#N)C3)o2)c1.Cn1ccnn1. The minimum Gasteiger partial charge on any atom is -0.432 e. The van der Waals surface area contributed by atoms with Gasteiger partial charge < -0.3 is 14.6 Å². The monoisotopic (exact) mass is 393 g/mol. The first kappa shape index (κ1) is 20.1. The quantitative estimate of drug-likeness (QED) is 0.675. The van der Waals surface area contributed by atoms with Crippen LogP contribution in [-0.2, 0) is 13.5 Å². The van der Waals surface area contributed by atoms with Crippen molar-refractivity contribution in [1.82, 2.24) is 30.2 Å². The van der Waals surface area contributed by atoms with Crippen LogP contribution >= 0.6 is 0 Å². The Kier molecular flexibility index (Phi) is 6.58. The van der Waals surface area contributed by atoms with Gasteiger partial charge in [0.05, 0.1) is 12.4 Å². The third kappa shape index (κ3) is 5.42. The number of oxazole rings is 1. The number of amides is 1. The van der Waals surface area contributed by atoms with Gasteiger partial charge in [-0.2, -0.15) is 5.26 Å². The van der Waals surface area contributed by atoms with Crippen LogP contribution in [0.1, 0.15) is 29.6 Å². The zero-order valence-corrected chi connectivity index (χ0v) is 16.4. The Morgan fingerprint density at radius 1 is 1.45 bits per heavy atom. The minimum atomic E-state index is -0.340. The van der Waals surface area contributed by atoms with E-state index in [1.807, 2.05) is 25.2 Å². The molecule has 1 amide bonds. The Morgan fingerprint density at radius 2 is 2.31 bits per heavy atom. The summed E-state index contributed by atoms with van der Waals surface area (Å²) in [4.78, 5) is 17.9. The van der Waals surface area contributed by atoms with E-state index in [1.54, 1.807) is 28.2 Å². The molecule has 1 aromatic carbocycles. The predicted molar refractivity (Wildman–Crippen MR) is 105 cm³/mol. The molecule has 3 aromatic rings. The molecular weight excluding hydrogens is 370 g/mol. The highest BCUT2D eigenvalue weighted by atomic mass is 16.4. The van der Waals surface area contributed by atoms with Crippen LogP contribution in [0, 0.1) is 11.5 Å². The molecule has 150 valence electrons. The largest absolute Gasteiger partial charge is 0.432 e. The van der Waals surface area contributed by atoms with Crippen molar-refractivity contribution in [3.05, 3.63) is 54.3 Å². The van der Waals surface area contributed by atoms with Gasteiger partial charge in [0.15, 0.2) is 12.0 Å². The number of aromatic nitrogens is 4. The third-order valence-corrected chi connectivity index (χ3v) is 4.53. The molecule has 1 atom stereocenters. The van der Waals surface area contributed by atoms with E-state index in [0.717, 1.165) is 18.4 Å². The normalized spacial score (nSPS) is 15.3. The molecule has 0 aliphatic carbocycles. The van der Waals surface area contributed by atoms with Gasteiger partial charge in [0.2, 0.25) is 0 Å². The highest BCUT2D eigenvalue weighted by molar-refractivity contribution is 5.90. The van der Waals surface area contributed by atoms with Gasteiger partial charge in [-0.3, -0.25) is 9.48 Å². The van der Waals surface area contributed by atoms with Crippen molar-refractivity contribution in [1.29, 1.82) is 5.26 Å². The lowest BCUT2D eigenvalue weighted by Gasteiger charge is -2.10. The molecule has 1 aliphatic rings. The summed E-state index contributed by atoms with van der Waals surface area (Å²) in [6.45, 7) is 3.29. The Morgan fingerprint density at radius 3 is 2.93 bits per heavy atom. The summed E-state index contributed by atoms with van der Waals surface area (Å²) in [6.07, 6.45) is 8.76. The highest BCUT2D eigenvalue weighted by Crippen LogP contribution is 2.22. The van der Waals surface area contributed by atoms with Crippen molar-refractivity contribution in [2.45, 2.75) is 25.8 Å². The molecule has 1 N–H and O–H groups in total. The van der Waals surface area contributed by atoms with Gasteiger partial charge >= 0.3 is 5.91 Å². The van der Waals surface area contributed by atoms with E-state index in [0.29, 0.717) is 18.8 Å². The molecule has 0 bridgehead atoms. The Hall–Kier alpha value is -3.67. The topological polar surface area (TPSA) is 113 Å². The van der Waals surface area contributed by atoms with E-state index in [4.69, 9.17) is 9.68 Å². The Bertz CT molecular complexity index is 975. The Labute approximate surface area is 169 Å². The summed E-state index contributed by atoms with van der Waals surface area (Å²) in [5.41, 5.74) is 2.11. The average molecular weight is 393 g/mol. The molecule has 1 unspecified atom stereocenters. The number of benzene rings is 1. The molecule has 0 saturated carbocycles. The van der Waals surface area contributed by atoms with Gasteiger partial charge in [0.1, 0.15) is 0 Å². The number of hydrogen-bond donors (Lipinski definition) is 1. The van der Waals surface area contributed by atoms with Gasteiger partial charge in [-0.05, 0) is 24.5 Å². The molecule has 1 fully saturated rings. The van der Waals surface area contributed by atoms with Crippen LogP contribution in [-0.4, -0.2) is 49.9 Å². The van der Waals surface area contributed by atoms with Crippen LogP contribution in [0.2, 0.25) is 0 Å². The lowest BCUT2D eigenvalue weighted by atomic mass is 10.1. The van der Waals surface area contributed by atoms with Gasteiger partial charge in [0.25, 0.3) is 5.89 Å². The number of carbonyl (C=O) groups is 1. The number of nitrogens with one attached hydrogen (secondary N) is 1. The maximum atomic E-state index is 12.2. The zero-order valence-electron chi connectivity index (χ0n) is 16.4. The maximum absolute atomic E-state index is 12.2. The summed E-state index contributed by atoms with van der Waals surface area (Å²) in [7, 11) is 1.83. The lowest BCUT2D eigenvalue weighted by Crippen LogP contribution is -2.36. The second-order valence-electron chi connectivity index (χ2n) is 6.67. The molecule has 0 radical (unpaired) electrons. The van der Waals surface area contributed by atoms with Crippen LogP contribution in [0.4, 0.5) is 0 Å². The van der Waals surface area contributed by atoms with Crippen LogP contribution in [0.5, 0.6) is 0 Å². The molecule has 3 heterocycles. The number of carbonyl (C=O) groups excluding carboxylic acids is 1. The standard InChI is InChI=1S/C17H18N4O2.C3H5N3/c1-2-12-4-3-5-13(8-12)15-9-19-17(23-15)16(22)20-14-6-7-21(10-14)11-18;1-6-3-2-4-5-6/h3-5,8-9,14H,2,6-7,10H2,1H3,(H,20,22);2-3H,1H3. The summed E-state index contributed by atoms with van der Waals surface area (Å²) in [6, 6.07) is 7.94. The van der Waals surface area contributed by atoms with Gasteiger partial charge in [-0.15, -0.1) is 5.10 Å². The first-order valence-electron chi connectivity index (χ1n) is 9.40. The first-order valence-corrected chi connectivity index (χ1v) is 9.40.